The summed E-state index contributed by atoms with van der Waals surface area (Å²) in [4.78, 5) is 4.61. The second-order valence-corrected chi connectivity index (χ2v) is 4.39. The van der Waals surface area contributed by atoms with Crippen LogP contribution in [0.15, 0.2) is 30.5 Å². The summed E-state index contributed by atoms with van der Waals surface area (Å²) < 4.78 is 1.99. The highest BCUT2D eigenvalue weighted by molar-refractivity contribution is 5.64. The van der Waals surface area contributed by atoms with Crippen molar-refractivity contribution in [1.29, 1.82) is 0 Å². The Kier molecular flexibility index (Phi) is 1.99. The second-order valence-electron chi connectivity index (χ2n) is 4.39. The molecule has 0 saturated heterocycles. The first-order valence-electron chi connectivity index (χ1n) is 5.57. The van der Waals surface area contributed by atoms with Gasteiger partial charge in [-0.2, -0.15) is 0 Å². The van der Waals surface area contributed by atoms with Gasteiger partial charge in [-0.1, -0.05) is 12.1 Å². The summed E-state index contributed by atoms with van der Waals surface area (Å²) in [5.41, 5.74) is 1.96. The van der Waals surface area contributed by atoms with Crippen LogP contribution in [-0.4, -0.2) is 14.7 Å². The maximum absolute atomic E-state index is 9.80. The predicted octanol–water partition coefficient (Wildman–Crippen LogP) is 2.67. The molecule has 1 fully saturated rings. The van der Waals surface area contributed by atoms with Crippen LogP contribution in [0.4, 0.5) is 0 Å². The van der Waals surface area contributed by atoms with Crippen molar-refractivity contribution in [3.8, 4) is 17.1 Å². The first-order chi connectivity index (χ1) is 7.75. The summed E-state index contributed by atoms with van der Waals surface area (Å²) >= 11 is 0. The molecule has 16 heavy (non-hydrogen) atoms. The van der Waals surface area contributed by atoms with Crippen LogP contribution in [0.2, 0.25) is 0 Å². The minimum atomic E-state index is 0.290. The fraction of sp³-hybridized carbons (Fsp3) is 0.308. The van der Waals surface area contributed by atoms with Crippen molar-refractivity contribution in [2.24, 2.45) is 7.05 Å². The van der Waals surface area contributed by atoms with Gasteiger partial charge in [-0.15, -0.1) is 0 Å². The van der Waals surface area contributed by atoms with E-state index in [1.165, 1.54) is 12.8 Å². The van der Waals surface area contributed by atoms with Crippen LogP contribution >= 0.6 is 0 Å². The van der Waals surface area contributed by atoms with Gasteiger partial charge in [0.25, 0.3) is 0 Å². The monoisotopic (exact) mass is 214 g/mol. The lowest BCUT2D eigenvalue weighted by Crippen LogP contribution is -1.90. The van der Waals surface area contributed by atoms with Crippen LogP contribution in [0.25, 0.3) is 11.4 Å². The molecule has 3 heteroatoms. The molecule has 3 rings (SSSR count). The summed E-state index contributed by atoms with van der Waals surface area (Å²) in [5.74, 6) is 1.78. The Bertz CT molecular complexity index is 526. The SMILES string of the molecule is Cn1cc(C2CC2)nc1-c1ccccc1O. The van der Waals surface area contributed by atoms with Gasteiger partial charge in [0, 0.05) is 19.2 Å². The van der Waals surface area contributed by atoms with Gasteiger partial charge in [-0.05, 0) is 25.0 Å². The summed E-state index contributed by atoms with van der Waals surface area (Å²) in [6.45, 7) is 0. The normalized spacial score (nSPS) is 15.3. The summed E-state index contributed by atoms with van der Waals surface area (Å²) in [6.07, 6.45) is 4.56. The molecule has 82 valence electrons. The van der Waals surface area contributed by atoms with Crippen molar-refractivity contribution in [1.82, 2.24) is 9.55 Å². The zero-order chi connectivity index (χ0) is 11.1. The Morgan fingerprint density at radius 1 is 1.31 bits per heavy atom. The predicted molar refractivity (Wildman–Crippen MR) is 62.3 cm³/mol. The molecule has 0 amide bonds. The number of hydrogen-bond donors (Lipinski definition) is 1. The fourth-order valence-electron chi connectivity index (χ4n) is 1.98. The summed E-state index contributed by atoms with van der Waals surface area (Å²) in [5, 5.41) is 9.80. The van der Waals surface area contributed by atoms with E-state index in [1.807, 2.05) is 29.8 Å². The maximum Gasteiger partial charge on any atom is 0.143 e. The molecule has 0 atom stereocenters. The number of aromatic nitrogens is 2. The minimum Gasteiger partial charge on any atom is -0.507 e. The van der Waals surface area contributed by atoms with Gasteiger partial charge in [-0.25, -0.2) is 4.98 Å². The van der Waals surface area contributed by atoms with Crippen molar-refractivity contribution in [3.63, 3.8) is 0 Å². The van der Waals surface area contributed by atoms with E-state index in [0.717, 1.165) is 17.1 Å². The molecule has 1 saturated carbocycles. The van der Waals surface area contributed by atoms with E-state index >= 15 is 0 Å². The van der Waals surface area contributed by atoms with Crippen molar-refractivity contribution in [2.75, 3.05) is 0 Å². The molecule has 1 heterocycles. The van der Waals surface area contributed by atoms with E-state index < -0.39 is 0 Å². The number of hydrogen-bond acceptors (Lipinski definition) is 2. The van der Waals surface area contributed by atoms with Crippen LogP contribution in [0.3, 0.4) is 0 Å². The van der Waals surface area contributed by atoms with Gasteiger partial charge < -0.3 is 9.67 Å². The van der Waals surface area contributed by atoms with Gasteiger partial charge in [0.2, 0.25) is 0 Å². The highest BCUT2D eigenvalue weighted by Gasteiger charge is 2.27. The first kappa shape index (κ1) is 9.46. The lowest BCUT2D eigenvalue weighted by atomic mass is 10.2. The molecule has 1 N–H and O–H groups in total. The van der Waals surface area contributed by atoms with Crippen molar-refractivity contribution >= 4 is 0 Å². The van der Waals surface area contributed by atoms with Crippen LogP contribution in [0.1, 0.15) is 24.5 Å². The van der Waals surface area contributed by atoms with Gasteiger partial charge in [-0.3, -0.25) is 0 Å². The third-order valence-corrected chi connectivity index (χ3v) is 3.04. The molecule has 2 aromatic rings. The third kappa shape index (κ3) is 1.48. The number of rotatable bonds is 2. The average molecular weight is 214 g/mol. The molecular weight excluding hydrogens is 200 g/mol. The van der Waals surface area contributed by atoms with E-state index in [9.17, 15) is 5.11 Å². The summed E-state index contributed by atoms with van der Waals surface area (Å²) in [7, 11) is 1.97. The standard InChI is InChI=1S/C13H14N2O/c1-15-8-11(9-6-7-9)14-13(15)10-4-2-3-5-12(10)16/h2-5,8-9,16H,6-7H2,1H3. The zero-order valence-corrected chi connectivity index (χ0v) is 9.22. The molecule has 3 nitrogen and oxygen atoms in total. The highest BCUT2D eigenvalue weighted by atomic mass is 16.3. The largest absolute Gasteiger partial charge is 0.507 e. The molecule has 1 aliphatic carbocycles. The lowest BCUT2D eigenvalue weighted by Gasteiger charge is -2.03. The molecule has 0 bridgehead atoms. The molecule has 0 radical (unpaired) electrons. The number of aromatic hydroxyl groups is 1. The van der Waals surface area contributed by atoms with Crippen molar-refractivity contribution < 1.29 is 5.11 Å². The van der Waals surface area contributed by atoms with E-state index in [4.69, 9.17) is 0 Å². The van der Waals surface area contributed by atoms with Crippen LogP contribution in [0, 0.1) is 0 Å². The van der Waals surface area contributed by atoms with E-state index in [1.54, 1.807) is 6.07 Å². The molecule has 0 spiro atoms. The maximum atomic E-state index is 9.80. The van der Waals surface area contributed by atoms with Crippen molar-refractivity contribution in [2.45, 2.75) is 18.8 Å². The van der Waals surface area contributed by atoms with Crippen LogP contribution in [-0.2, 0) is 7.05 Å². The number of nitrogens with zero attached hydrogens (tertiary/aromatic N) is 2. The average Bonchev–Trinajstić information content (AvgIpc) is 3.04. The van der Waals surface area contributed by atoms with E-state index in [-0.39, 0.29) is 0 Å². The Morgan fingerprint density at radius 3 is 2.75 bits per heavy atom. The van der Waals surface area contributed by atoms with E-state index in [0.29, 0.717) is 11.7 Å². The lowest BCUT2D eigenvalue weighted by molar-refractivity contribution is 0.476. The fourth-order valence-corrected chi connectivity index (χ4v) is 1.98. The zero-order valence-electron chi connectivity index (χ0n) is 9.22. The van der Waals surface area contributed by atoms with Crippen molar-refractivity contribution in [3.05, 3.63) is 36.2 Å². The van der Waals surface area contributed by atoms with Gasteiger partial charge in [0.15, 0.2) is 0 Å². The Balaban J connectivity index is 2.08. The number of para-hydroxylation sites is 1. The summed E-state index contributed by atoms with van der Waals surface area (Å²) in [6, 6.07) is 7.33. The highest BCUT2D eigenvalue weighted by Crippen LogP contribution is 2.40. The minimum absolute atomic E-state index is 0.290. The Morgan fingerprint density at radius 2 is 2.06 bits per heavy atom. The van der Waals surface area contributed by atoms with Gasteiger partial charge in [0.05, 0.1) is 11.3 Å². The topological polar surface area (TPSA) is 38.0 Å². The van der Waals surface area contributed by atoms with Gasteiger partial charge >= 0.3 is 0 Å². The van der Waals surface area contributed by atoms with Gasteiger partial charge in [0.1, 0.15) is 11.6 Å². The molecule has 1 aromatic heterocycles. The molecule has 1 aromatic carbocycles. The first-order valence-corrected chi connectivity index (χ1v) is 5.57. The van der Waals surface area contributed by atoms with Crippen LogP contribution in [0.5, 0.6) is 5.75 Å². The molecule has 1 aliphatic rings. The number of benzene rings is 1. The Hall–Kier alpha value is -1.77. The number of phenols is 1. The van der Waals surface area contributed by atoms with E-state index in [2.05, 4.69) is 11.2 Å². The third-order valence-electron chi connectivity index (χ3n) is 3.04. The Labute approximate surface area is 94.4 Å². The molecular formula is C13H14N2O. The second kappa shape index (κ2) is 3.37. The number of aryl methyl sites for hydroxylation is 1. The quantitative estimate of drug-likeness (QED) is 0.834. The molecule has 0 aliphatic heterocycles. The smallest absolute Gasteiger partial charge is 0.143 e. The molecule has 0 unspecified atom stereocenters. The van der Waals surface area contributed by atoms with Crippen LogP contribution < -0.4 is 0 Å². The number of phenolic OH excluding ortho intramolecular Hbond substituents is 1. The number of imidazole rings is 1.